The number of hydrogen-bond acceptors (Lipinski definition) is 2. The minimum Gasteiger partial charge on any atom is -0.370 e. The lowest BCUT2D eigenvalue weighted by atomic mass is 9.95. The van der Waals surface area contributed by atoms with Gasteiger partial charge >= 0.3 is 0 Å². The number of nitrogens with zero attached hydrogens (tertiary/aromatic N) is 1. The molecule has 70 valence electrons. The van der Waals surface area contributed by atoms with E-state index < -0.39 is 0 Å². The number of aryl methyl sites for hydroxylation is 1. The quantitative estimate of drug-likeness (QED) is 0.525. The van der Waals surface area contributed by atoms with Crippen molar-refractivity contribution in [2.45, 2.75) is 25.3 Å². The Bertz CT molecular complexity index is 325. The maximum Gasteiger partial charge on any atom is 0.186 e. The molecule has 1 aliphatic carbocycles. The van der Waals surface area contributed by atoms with Crippen LogP contribution in [0.2, 0.25) is 0 Å². The monoisotopic (exact) mass is 195 g/mol. The van der Waals surface area contributed by atoms with E-state index in [9.17, 15) is 0 Å². The fourth-order valence-corrected chi connectivity index (χ4v) is 2.76. The fraction of sp³-hybridized carbons (Fsp3) is 0.444. The number of thiophene rings is 1. The lowest BCUT2D eigenvalue weighted by Crippen LogP contribution is -2.24. The lowest BCUT2D eigenvalue weighted by molar-refractivity contribution is 0.579. The van der Waals surface area contributed by atoms with Crippen LogP contribution < -0.4 is 11.5 Å². The SMILES string of the molecule is NC(N)=NC1CCCc2sccc21. The number of aliphatic imine (C=N–C) groups is 1. The highest BCUT2D eigenvalue weighted by atomic mass is 32.1. The summed E-state index contributed by atoms with van der Waals surface area (Å²) in [6, 6.07) is 2.34. The van der Waals surface area contributed by atoms with E-state index in [1.165, 1.54) is 23.3 Å². The van der Waals surface area contributed by atoms with Crippen LogP contribution in [0, 0.1) is 0 Å². The summed E-state index contributed by atoms with van der Waals surface area (Å²) in [4.78, 5) is 5.67. The van der Waals surface area contributed by atoms with Gasteiger partial charge in [-0.3, -0.25) is 0 Å². The van der Waals surface area contributed by atoms with Gasteiger partial charge in [0.25, 0.3) is 0 Å². The van der Waals surface area contributed by atoms with Gasteiger partial charge in [-0.1, -0.05) is 0 Å². The number of hydrogen-bond donors (Lipinski definition) is 2. The van der Waals surface area contributed by atoms with Gasteiger partial charge < -0.3 is 11.5 Å². The van der Waals surface area contributed by atoms with Gasteiger partial charge in [0.05, 0.1) is 6.04 Å². The van der Waals surface area contributed by atoms with Crippen molar-refractivity contribution in [1.82, 2.24) is 0 Å². The van der Waals surface area contributed by atoms with Crippen molar-refractivity contribution in [3.8, 4) is 0 Å². The van der Waals surface area contributed by atoms with Crippen LogP contribution in [0.1, 0.15) is 29.3 Å². The number of nitrogens with two attached hydrogens (primary N) is 2. The Morgan fingerprint density at radius 3 is 3.15 bits per heavy atom. The zero-order valence-electron chi connectivity index (χ0n) is 7.36. The Hall–Kier alpha value is -1.03. The van der Waals surface area contributed by atoms with Crippen molar-refractivity contribution >= 4 is 17.3 Å². The van der Waals surface area contributed by atoms with Crippen molar-refractivity contribution < 1.29 is 0 Å². The predicted octanol–water partition coefficient (Wildman–Crippen LogP) is 1.40. The van der Waals surface area contributed by atoms with Crippen LogP contribution >= 0.6 is 11.3 Å². The predicted molar refractivity (Wildman–Crippen MR) is 55.8 cm³/mol. The number of fused-ring (bicyclic) bond motifs is 1. The van der Waals surface area contributed by atoms with Crippen LogP contribution in [0.25, 0.3) is 0 Å². The standard InChI is InChI=1S/C9H13N3S/c10-9(11)12-7-2-1-3-8-6(7)4-5-13-8/h4-5,7H,1-3H2,(H4,10,11,12). The molecule has 3 nitrogen and oxygen atoms in total. The first-order valence-electron chi connectivity index (χ1n) is 4.42. The van der Waals surface area contributed by atoms with E-state index in [1.807, 2.05) is 0 Å². The molecule has 1 aromatic heterocycles. The Balaban J connectivity index is 2.30. The van der Waals surface area contributed by atoms with Gasteiger partial charge in [0.2, 0.25) is 0 Å². The molecule has 0 spiro atoms. The van der Waals surface area contributed by atoms with Gasteiger partial charge in [-0.2, -0.15) is 0 Å². The molecule has 1 aromatic rings. The first kappa shape index (κ1) is 8.56. The Kier molecular flexibility index (Phi) is 2.22. The molecule has 13 heavy (non-hydrogen) atoms. The summed E-state index contributed by atoms with van der Waals surface area (Å²) in [6.07, 6.45) is 3.44. The summed E-state index contributed by atoms with van der Waals surface area (Å²) >= 11 is 1.81. The van der Waals surface area contributed by atoms with E-state index in [0.29, 0.717) is 0 Å². The summed E-state index contributed by atoms with van der Waals surface area (Å²) < 4.78 is 0. The van der Waals surface area contributed by atoms with Crippen molar-refractivity contribution in [3.05, 3.63) is 21.9 Å². The van der Waals surface area contributed by atoms with Gasteiger partial charge in [-0.25, -0.2) is 4.99 Å². The minimum absolute atomic E-state index is 0.198. The third-order valence-electron chi connectivity index (χ3n) is 2.33. The molecule has 2 rings (SSSR count). The smallest absolute Gasteiger partial charge is 0.186 e. The normalized spacial score (nSPS) is 20.8. The van der Waals surface area contributed by atoms with Gasteiger partial charge in [-0.15, -0.1) is 11.3 Å². The second kappa shape index (κ2) is 3.38. The average Bonchev–Trinajstić information content (AvgIpc) is 2.51. The maximum atomic E-state index is 5.38. The Morgan fingerprint density at radius 2 is 2.38 bits per heavy atom. The largest absolute Gasteiger partial charge is 0.370 e. The van der Waals surface area contributed by atoms with Gasteiger partial charge in [0.15, 0.2) is 5.96 Å². The highest BCUT2D eigenvalue weighted by Gasteiger charge is 2.20. The summed E-state index contributed by atoms with van der Waals surface area (Å²) in [5.74, 6) is 0.198. The average molecular weight is 195 g/mol. The first-order valence-corrected chi connectivity index (χ1v) is 5.30. The molecule has 0 aliphatic heterocycles. The van der Waals surface area contributed by atoms with Crippen molar-refractivity contribution in [1.29, 1.82) is 0 Å². The molecule has 1 heterocycles. The van der Waals surface area contributed by atoms with Crippen LogP contribution in [0.15, 0.2) is 16.4 Å². The highest BCUT2D eigenvalue weighted by Crippen LogP contribution is 2.35. The number of rotatable bonds is 1. The molecule has 4 heteroatoms. The lowest BCUT2D eigenvalue weighted by Gasteiger charge is -2.18. The fourth-order valence-electron chi connectivity index (χ4n) is 1.78. The van der Waals surface area contributed by atoms with E-state index in [2.05, 4.69) is 16.4 Å². The molecular formula is C9H13N3S. The summed E-state index contributed by atoms with van der Waals surface area (Å²) in [6.45, 7) is 0. The summed E-state index contributed by atoms with van der Waals surface area (Å²) in [7, 11) is 0. The van der Waals surface area contributed by atoms with Crippen LogP contribution in [0.4, 0.5) is 0 Å². The number of guanidine groups is 1. The minimum atomic E-state index is 0.198. The molecule has 1 aliphatic rings. The molecule has 0 bridgehead atoms. The Morgan fingerprint density at radius 1 is 1.54 bits per heavy atom. The summed E-state index contributed by atoms with van der Waals surface area (Å²) in [5, 5.41) is 2.12. The van der Waals surface area contributed by atoms with Crippen molar-refractivity contribution in [2.75, 3.05) is 0 Å². The van der Waals surface area contributed by atoms with Crippen molar-refractivity contribution in [3.63, 3.8) is 0 Å². The van der Waals surface area contributed by atoms with Crippen LogP contribution in [0.5, 0.6) is 0 Å². The summed E-state index contributed by atoms with van der Waals surface area (Å²) in [5.41, 5.74) is 12.1. The second-order valence-corrected chi connectivity index (χ2v) is 4.26. The molecule has 0 amide bonds. The van der Waals surface area contributed by atoms with Crippen LogP contribution in [-0.4, -0.2) is 5.96 Å². The molecule has 0 aromatic carbocycles. The van der Waals surface area contributed by atoms with E-state index in [-0.39, 0.29) is 12.0 Å². The van der Waals surface area contributed by atoms with Gasteiger partial charge in [-0.05, 0) is 36.3 Å². The van der Waals surface area contributed by atoms with E-state index >= 15 is 0 Å². The van der Waals surface area contributed by atoms with E-state index in [4.69, 9.17) is 11.5 Å². The van der Waals surface area contributed by atoms with E-state index in [1.54, 1.807) is 11.3 Å². The third-order valence-corrected chi connectivity index (χ3v) is 3.32. The maximum absolute atomic E-state index is 5.38. The molecular weight excluding hydrogens is 182 g/mol. The Labute approximate surface area is 81.5 Å². The molecule has 1 unspecified atom stereocenters. The van der Waals surface area contributed by atoms with Gasteiger partial charge in [0, 0.05) is 4.88 Å². The third kappa shape index (κ3) is 1.67. The molecule has 0 radical (unpaired) electrons. The van der Waals surface area contributed by atoms with Crippen LogP contribution in [0.3, 0.4) is 0 Å². The zero-order chi connectivity index (χ0) is 9.26. The first-order chi connectivity index (χ1) is 6.27. The topological polar surface area (TPSA) is 64.4 Å². The highest BCUT2D eigenvalue weighted by molar-refractivity contribution is 7.10. The van der Waals surface area contributed by atoms with E-state index in [0.717, 1.165) is 6.42 Å². The molecule has 0 saturated carbocycles. The molecule has 0 saturated heterocycles. The molecule has 1 atom stereocenters. The molecule has 0 fully saturated rings. The molecule has 4 N–H and O–H groups in total. The van der Waals surface area contributed by atoms with Crippen LogP contribution in [-0.2, 0) is 6.42 Å². The second-order valence-electron chi connectivity index (χ2n) is 3.26. The zero-order valence-corrected chi connectivity index (χ0v) is 8.18. The van der Waals surface area contributed by atoms with Gasteiger partial charge in [0.1, 0.15) is 0 Å². The van der Waals surface area contributed by atoms with Crippen molar-refractivity contribution in [2.24, 2.45) is 16.5 Å².